The van der Waals surface area contributed by atoms with Gasteiger partial charge in [-0.1, -0.05) is 35.3 Å². The van der Waals surface area contributed by atoms with E-state index in [4.69, 9.17) is 27.9 Å². The number of hydrogen-bond acceptors (Lipinski definition) is 4. The maximum Gasteiger partial charge on any atom is 0.321 e. The second-order valence-corrected chi connectivity index (χ2v) is 8.06. The number of halogens is 2. The van der Waals surface area contributed by atoms with E-state index in [1.165, 1.54) is 6.07 Å². The lowest BCUT2D eigenvalue weighted by Gasteiger charge is -2.09. The van der Waals surface area contributed by atoms with Crippen LogP contribution in [0, 0.1) is 13.8 Å². The molecule has 0 aliphatic rings. The number of hydrogen-bond donors (Lipinski definition) is 1. The Morgan fingerprint density at radius 3 is 2.40 bits per heavy atom. The maximum atomic E-state index is 12.2. The number of nitrogens with one attached hydrogen (secondary N) is 1. The van der Waals surface area contributed by atoms with Gasteiger partial charge in [0.2, 0.25) is 10.0 Å². The molecule has 0 aromatic heterocycles. The number of sulfonamides is 1. The molecule has 0 heterocycles. The molecular formula is C17H17Cl2NO4S. The summed E-state index contributed by atoms with van der Waals surface area (Å²) in [5.74, 6) is -0.696. The topological polar surface area (TPSA) is 72.5 Å². The summed E-state index contributed by atoms with van der Waals surface area (Å²) in [7, 11) is -3.78. The predicted molar refractivity (Wildman–Crippen MR) is 97.4 cm³/mol. The minimum absolute atomic E-state index is 0.0267. The summed E-state index contributed by atoms with van der Waals surface area (Å²) in [6, 6.07) is 9.60. The van der Waals surface area contributed by atoms with Crippen LogP contribution < -0.4 is 4.72 Å². The Labute approximate surface area is 157 Å². The van der Waals surface area contributed by atoms with E-state index in [-0.39, 0.29) is 11.5 Å². The molecule has 0 aliphatic carbocycles. The molecule has 0 spiro atoms. The van der Waals surface area contributed by atoms with E-state index in [2.05, 4.69) is 4.72 Å². The van der Waals surface area contributed by atoms with Crippen molar-refractivity contribution in [2.45, 2.75) is 25.3 Å². The lowest BCUT2D eigenvalue weighted by Crippen LogP contribution is -2.30. The molecule has 0 aliphatic heterocycles. The molecular weight excluding hydrogens is 385 g/mol. The highest BCUT2D eigenvalue weighted by atomic mass is 35.5. The first kappa shape index (κ1) is 19.7. The third kappa shape index (κ3) is 5.44. The first-order chi connectivity index (χ1) is 11.7. The van der Waals surface area contributed by atoms with Crippen LogP contribution in [0.5, 0.6) is 0 Å². The molecule has 0 bridgehead atoms. The molecule has 0 atom stereocenters. The highest BCUT2D eigenvalue weighted by Gasteiger charge is 2.16. The van der Waals surface area contributed by atoms with E-state index in [9.17, 15) is 13.2 Å². The van der Waals surface area contributed by atoms with Gasteiger partial charge in [-0.15, -0.1) is 0 Å². The molecule has 5 nitrogen and oxygen atoms in total. The first-order valence-corrected chi connectivity index (χ1v) is 9.59. The molecule has 0 amide bonds. The molecule has 2 aromatic carbocycles. The number of aryl methyl sites for hydroxylation is 2. The van der Waals surface area contributed by atoms with Gasteiger partial charge in [-0.05, 0) is 54.8 Å². The third-order valence-corrected chi connectivity index (χ3v) is 5.72. The SMILES string of the molecule is Cc1ccc(S(=O)(=O)NCC(=O)OCc2ccc(Cl)c(Cl)c2)cc1C. The summed E-state index contributed by atoms with van der Waals surface area (Å²) < 4.78 is 31.7. The van der Waals surface area contributed by atoms with Crippen LogP contribution in [-0.2, 0) is 26.2 Å². The van der Waals surface area contributed by atoms with Gasteiger partial charge in [0.15, 0.2) is 0 Å². The first-order valence-electron chi connectivity index (χ1n) is 7.35. The van der Waals surface area contributed by atoms with Gasteiger partial charge in [-0.2, -0.15) is 4.72 Å². The van der Waals surface area contributed by atoms with Crippen LogP contribution in [0.1, 0.15) is 16.7 Å². The van der Waals surface area contributed by atoms with Gasteiger partial charge in [-0.25, -0.2) is 8.42 Å². The second-order valence-electron chi connectivity index (χ2n) is 5.48. The fraction of sp³-hybridized carbons (Fsp3) is 0.235. The van der Waals surface area contributed by atoms with Crippen molar-refractivity contribution in [2.24, 2.45) is 0 Å². The largest absolute Gasteiger partial charge is 0.460 e. The van der Waals surface area contributed by atoms with Crippen LogP contribution in [0.2, 0.25) is 10.0 Å². The number of benzene rings is 2. The van der Waals surface area contributed by atoms with Crippen molar-refractivity contribution in [1.82, 2.24) is 4.72 Å². The maximum absolute atomic E-state index is 12.2. The Hall–Kier alpha value is -1.60. The number of carbonyl (C=O) groups is 1. The monoisotopic (exact) mass is 401 g/mol. The summed E-state index contributed by atoms with van der Waals surface area (Å²) in [5, 5.41) is 0.753. The van der Waals surface area contributed by atoms with E-state index >= 15 is 0 Å². The Kier molecular flexibility index (Phi) is 6.46. The van der Waals surface area contributed by atoms with Crippen molar-refractivity contribution >= 4 is 39.2 Å². The Balaban J connectivity index is 1.92. The molecule has 1 N–H and O–H groups in total. The number of ether oxygens (including phenoxy) is 1. The summed E-state index contributed by atoms with van der Waals surface area (Å²) in [5.41, 5.74) is 2.49. The summed E-state index contributed by atoms with van der Waals surface area (Å²) in [4.78, 5) is 11.9. The normalized spacial score (nSPS) is 11.4. The zero-order valence-electron chi connectivity index (χ0n) is 13.7. The van der Waals surface area contributed by atoms with Gasteiger partial charge in [-0.3, -0.25) is 4.79 Å². The Bertz CT molecular complexity index is 898. The zero-order valence-corrected chi connectivity index (χ0v) is 16.0. The Morgan fingerprint density at radius 2 is 1.76 bits per heavy atom. The van der Waals surface area contributed by atoms with E-state index in [0.717, 1.165) is 11.1 Å². The minimum Gasteiger partial charge on any atom is -0.460 e. The van der Waals surface area contributed by atoms with Gasteiger partial charge in [0.1, 0.15) is 13.2 Å². The molecule has 2 aromatic rings. The van der Waals surface area contributed by atoms with E-state index in [0.29, 0.717) is 15.6 Å². The molecule has 0 fully saturated rings. The molecule has 25 heavy (non-hydrogen) atoms. The van der Waals surface area contributed by atoms with Crippen molar-refractivity contribution in [1.29, 1.82) is 0 Å². The molecule has 0 saturated heterocycles. The number of rotatable bonds is 6. The molecule has 0 radical (unpaired) electrons. The molecule has 0 saturated carbocycles. The quantitative estimate of drug-likeness (QED) is 0.749. The average Bonchev–Trinajstić information content (AvgIpc) is 2.56. The number of carbonyl (C=O) groups excluding carboxylic acids is 1. The van der Waals surface area contributed by atoms with Crippen molar-refractivity contribution < 1.29 is 17.9 Å². The van der Waals surface area contributed by atoms with Gasteiger partial charge >= 0.3 is 5.97 Å². The Morgan fingerprint density at radius 1 is 1.04 bits per heavy atom. The number of esters is 1. The highest BCUT2D eigenvalue weighted by Crippen LogP contribution is 2.22. The van der Waals surface area contributed by atoms with Gasteiger partial charge in [0.25, 0.3) is 0 Å². The van der Waals surface area contributed by atoms with Gasteiger partial charge < -0.3 is 4.74 Å². The zero-order chi connectivity index (χ0) is 18.6. The van der Waals surface area contributed by atoms with Crippen LogP contribution >= 0.6 is 23.2 Å². The third-order valence-electron chi connectivity index (χ3n) is 3.58. The average molecular weight is 402 g/mol. The van der Waals surface area contributed by atoms with Crippen LogP contribution in [0.25, 0.3) is 0 Å². The van der Waals surface area contributed by atoms with Crippen molar-refractivity contribution in [2.75, 3.05) is 6.54 Å². The van der Waals surface area contributed by atoms with Crippen molar-refractivity contribution in [3.63, 3.8) is 0 Å². The van der Waals surface area contributed by atoms with Crippen LogP contribution in [0.15, 0.2) is 41.3 Å². The van der Waals surface area contributed by atoms with Crippen molar-refractivity contribution in [3.8, 4) is 0 Å². The van der Waals surface area contributed by atoms with E-state index in [1.807, 2.05) is 13.8 Å². The molecule has 8 heteroatoms. The van der Waals surface area contributed by atoms with Crippen molar-refractivity contribution in [3.05, 3.63) is 63.1 Å². The van der Waals surface area contributed by atoms with Crippen LogP contribution in [-0.4, -0.2) is 20.9 Å². The minimum atomic E-state index is -3.78. The summed E-state index contributed by atoms with van der Waals surface area (Å²) in [6.07, 6.45) is 0. The molecule has 2 rings (SSSR count). The van der Waals surface area contributed by atoms with Gasteiger partial charge in [0.05, 0.1) is 14.9 Å². The van der Waals surface area contributed by atoms with E-state index in [1.54, 1.807) is 30.3 Å². The summed E-state index contributed by atoms with van der Waals surface area (Å²) in [6.45, 7) is 3.22. The second kappa shape index (κ2) is 8.19. The standard InChI is InChI=1S/C17H17Cl2NO4S/c1-11-3-5-14(7-12(11)2)25(22,23)20-9-17(21)24-10-13-4-6-15(18)16(19)8-13/h3-8,20H,9-10H2,1-2H3. The van der Waals surface area contributed by atoms with Crippen LogP contribution in [0.3, 0.4) is 0 Å². The van der Waals surface area contributed by atoms with E-state index < -0.39 is 22.5 Å². The molecule has 0 unspecified atom stereocenters. The lowest BCUT2D eigenvalue weighted by molar-refractivity contribution is -0.143. The smallest absolute Gasteiger partial charge is 0.321 e. The van der Waals surface area contributed by atoms with Gasteiger partial charge in [0, 0.05) is 0 Å². The fourth-order valence-corrected chi connectivity index (χ4v) is 3.34. The highest BCUT2D eigenvalue weighted by molar-refractivity contribution is 7.89. The molecule has 134 valence electrons. The lowest BCUT2D eigenvalue weighted by atomic mass is 10.1. The van der Waals surface area contributed by atoms with Crippen LogP contribution in [0.4, 0.5) is 0 Å². The fourth-order valence-electron chi connectivity index (χ4n) is 1.96. The predicted octanol–water partition coefficient (Wildman–Crippen LogP) is 3.63. The summed E-state index contributed by atoms with van der Waals surface area (Å²) >= 11 is 11.7.